The number of hydrogen-bond donors (Lipinski definition) is 0. The highest BCUT2D eigenvalue weighted by molar-refractivity contribution is 9.28. The van der Waals surface area contributed by atoms with Crippen LogP contribution in [0.5, 0.6) is 0 Å². The van der Waals surface area contributed by atoms with Gasteiger partial charge in [-0.2, -0.15) is 0 Å². The van der Waals surface area contributed by atoms with Crippen LogP contribution < -0.4 is 0 Å². The second-order valence-electron chi connectivity index (χ2n) is 8.66. The van der Waals surface area contributed by atoms with Crippen molar-refractivity contribution in [1.29, 1.82) is 0 Å². The fourth-order valence-electron chi connectivity index (χ4n) is 2.74. The molecule has 1 aliphatic carbocycles. The topological polar surface area (TPSA) is 26.3 Å². The van der Waals surface area contributed by atoms with Gasteiger partial charge in [0.1, 0.15) is 11.5 Å². The Morgan fingerprint density at radius 1 is 1.28 bits per heavy atom. The van der Waals surface area contributed by atoms with Crippen LogP contribution >= 0.6 is 47.8 Å². The molecule has 1 saturated carbocycles. The molecule has 0 bridgehead atoms. The molecule has 0 saturated heterocycles. The van der Waals surface area contributed by atoms with Gasteiger partial charge in [-0.15, -0.1) is 0 Å². The summed E-state index contributed by atoms with van der Waals surface area (Å²) in [7, 11) is -1.96. The zero-order valence-corrected chi connectivity index (χ0v) is 22.0. The summed E-state index contributed by atoms with van der Waals surface area (Å²) in [5.74, 6) is 1.42. The fourth-order valence-corrected chi connectivity index (χ4v) is 5.38. The first-order valence-corrected chi connectivity index (χ1v) is 14.2. The van der Waals surface area contributed by atoms with E-state index in [4.69, 9.17) is 4.43 Å². The summed E-state index contributed by atoms with van der Waals surface area (Å²) in [5.41, 5.74) is 1.11. The second-order valence-corrected chi connectivity index (χ2v) is 17.2. The van der Waals surface area contributed by atoms with Crippen molar-refractivity contribution in [3.8, 4) is 0 Å². The van der Waals surface area contributed by atoms with Crippen LogP contribution in [0.1, 0.15) is 53.4 Å². The van der Waals surface area contributed by atoms with Crippen molar-refractivity contribution >= 4 is 61.9 Å². The number of allylic oxidation sites excluding steroid dienone is 2. The van der Waals surface area contributed by atoms with E-state index in [2.05, 4.69) is 88.2 Å². The molecule has 3 atom stereocenters. The molecular formula is C19H31Br3O2Si. The van der Waals surface area contributed by atoms with Gasteiger partial charge < -0.3 is 4.43 Å². The van der Waals surface area contributed by atoms with Gasteiger partial charge in [0.2, 0.25) is 8.32 Å². The highest BCUT2D eigenvalue weighted by Crippen LogP contribution is 2.42. The van der Waals surface area contributed by atoms with Gasteiger partial charge in [0.25, 0.3) is 0 Å². The minimum atomic E-state index is -1.96. The van der Waals surface area contributed by atoms with E-state index >= 15 is 0 Å². The summed E-state index contributed by atoms with van der Waals surface area (Å²) in [6.07, 6.45) is 3.22. The quantitative estimate of drug-likeness (QED) is 0.114. The van der Waals surface area contributed by atoms with Crippen molar-refractivity contribution in [2.45, 2.75) is 76.3 Å². The Labute approximate surface area is 179 Å². The molecule has 0 unspecified atom stereocenters. The number of ketones is 1. The van der Waals surface area contributed by atoms with Gasteiger partial charge in [-0.1, -0.05) is 48.9 Å². The number of carbonyl (C=O) groups excluding carboxylic acids is 1. The van der Waals surface area contributed by atoms with Crippen LogP contribution in [0, 0.1) is 11.8 Å². The van der Waals surface area contributed by atoms with Crippen LogP contribution in [0.3, 0.4) is 0 Å². The minimum Gasteiger partial charge on any atom is -0.545 e. The first kappa shape index (κ1) is 23.6. The standard InChI is InChI=1S/C19H31Br3O2Si/c1-12(2)13-8-9-15(20)14(16(23)10-13)11-17(18(21)22)24-25(6,7)19(3,4)5/h13-15H,1,8-11H2,2-7H3/t13-,14+,15-/m1/s1. The molecule has 0 N–H and O–H groups in total. The number of alkyl halides is 1. The first-order valence-electron chi connectivity index (χ1n) is 8.81. The molecule has 0 aliphatic heterocycles. The van der Waals surface area contributed by atoms with Crippen molar-refractivity contribution in [3.05, 3.63) is 21.3 Å². The maximum Gasteiger partial charge on any atom is 0.250 e. The largest absolute Gasteiger partial charge is 0.545 e. The maximum absolute atomic E-state index is 12.9. The van der Waals surface area contributed by atoms with E-state index < -0.39 is 8.32 Å². The Hall–Kier alpha value is 0.607. The first-order chi connectivity index (χ1) is 11.3. The van der Waals surface area contributed by atoms with Crippen LogP contribution in [-0.2, 0) is 9.22 Å². The van der Waals surface area contributed by atoms with Crippen LogP contribution in [0.4, 0.5) is 0 Å². The third-order valence-corrected chi connectivity index (χ3v) is 11.9. The average Bonchev–Trinajstić information content (AvgIpc) is 2.57. The predicted molar refractivity (Wildman–Crippen MR) is 121 cm³/mol. The van der Waals surface area contributed by atoms with Crippen LogP contribution in [0.25, 0.3) is 0 Å². The number of hydrogen-bond acceptors (Lipinski definition) is 2. The van der Waals surface area contributed by atoms with Crippen molar-refractivity contribution in [3.63, 3.8) is 0 Å². The highest BCUT2D eigenvalue weighted by atomic mass is 79.9. The van der Waals surface area contributed by atoms with E-state index in [-0.39, 0.29) is 15.8 Å². The Morgan fingerprint density at radius 3 is 2.28 bits per heavy atom. The second kappa shape index (κ2) is 9.20. The van der Waals surface area contributed by atoms with E-state index in [0.717, 1.165) is 27.6 Å². The zero-order chi connectivity index (χ0) is 19.6. The molecule has 0 amide bonds. The average molecular weight is 559 g/mol. The van der Waals surface area contributed by atoms with E-state index in [9.17, 15) is 4.79 Å². The molecule has 2 nitrogen and oxygen atoms in total. The Bertz CT molecular complexity index is 545. The number of Topliss-reactive ketones (excluding diaryl/α,β-unsaturated/α-hetero) is 1. The van der Waals surface area contributed by atoms with E-state index in [0.29, 0.717) is 24.5 Å². The highest BCUT2D eigenvalue weighted by Gasteiger charge is 2.41. The molecule has 0 radical (unpaired) electrons. The summed E-state index contributed by atoms with van der Waals surface area (Å²) in [6, 6.07) is 0. The van der Waals surface area contributed by atoms with E-state index in [1.807, 2.05) is 6.92 Å². The number of carbonyl (C=O) groups is 1. The Morgan fingerprint density at radius 2 is 1.84 bits per heavy atom. The van der Waals surface area contributed by atoms with Crippen LogP contribution in [0.2, 0.25) is 18.1 Å². The fraction of sp³-hybridized carbons (Fsp3) is 0.737. The Balaban J connectivity index is 3.00. The van der Waals surface area contributed by atoms with Crippen molar-refractivity contribution in [1.82, 2.24) is 0 Å². The molecule has 1 aliphatic rings. The number of rotatable bonds is 5. The molecule has 0 spiro atoms. The van der Waals surface area contributed by atoms with Gasteiger partial charge >= 0.3 is 0 Å². The molecule has 0 aromatic carbocycles. The molecule has 0 aromatic heterocycles. The third kappa shape index (κ3) is 6.61. The van der Waals surface area contributed by atoms with Gasteiger partial charge in [-0.3, -0.25) is 4.79 Å². The maximum atomic E-state index is 12.9. The van der Waals surface area contributed by atoms with Crippen LogP contribution in [0.15, 0.2) is 21.3 Å². The van der Waals surface area contributed by atoms with Crippen molar-refractivity contribution < 1.29 is 9.22 Å². The van der Waals surface area contributed by atoms with Gasteiger partial charge in [-0.25, -0.2) is 0 Å². The molecular weight excluding hydrogens is 528 g/mol. The molecule has 6 heteroatoms. The summed E-state index contributed by atoms with van der Waals surface area (Å²) in [5, 5.41) is 0.111. The molecule has 0 aromatic rings. The smallest absolute Gasteiger partial charge is 0.250 e. The predicted octanol–water partition coefficient (Wildman–Crippen LogP) is 7.68. The third-order valence-electron chi connectivity index (χ3n) is 5.59. The van der Waals surface area contributed by atoms with E-state index in [1.165, 1.54) is 0 Å². The Kier molecular flexibility index (Phi) is 8.70. The van der Waals surface area contributed by atoms with Gasteiger partial charge in [0.05, 0.1) is 3.39 Å². The SMILES string of the molecule is C=C(C)[C@@H]1CC[C@@H](Br)[C@H](CC(O[Si](C)(C)C(C)(C)C)=C(Br)Br)C(=O)C1. The minimum absolute atomic E-state index is 0.0609. The lowest BCUT2D eigenvalue weighted by Crippen LogP contribution is -2.41. The molecule has 1 rings (SSSR count). The van der Waals surface area contributed by atoms with Gasteiger partial charge in [0.15, 0.2) is 0 Å². The number of halogens is 3. The summed E-state index contributed by atoms with van der Waals surface area (Å²) in [6.45, 7) is 17.2. The molecule has 25 heavy (non-hydrogen) atoms. The normalized spacial score (nSPS) is 25.3. The van der Waals surface area contributed by atoms with Crippen LogP contribution in [-0.4, -0.2) is 18.9 Å². The zero-order valence-electron chi connectivity index (χ0n) is 16.2. The lowest BCUT2D eigenvalue weighted by Gasteiger charge is -2.38. The monoisotopic (exact) mass is 556 g/mol. The lowest BCUT2D eigenvalue weighted by molar-refractivity contribution is -0.123. The van der Waals surface area contributed by atoms with E-state index in [1.54, 1.807) is 0 Å². The van der Waals surface area contributed by atoms with Gasteiger partial charge in [0, 0.05) is 23.6 Å². The molecule has 0 heterocycles. The lowest BCUT2D eigenvalue weighted by atomic mass is 9.91. The summed E-state index contributed by atoms with van der Waals surface area (Å²) >= 11 is 10.8. The summed E-state index contributed by atoms with van der Waals surface area (Å²) < 4.78 is 7.33. The van der Waals surface area contributed by atoms with Gasteiger partial charge in [-0.05, 0) is 75.7 Å². The van der Waals surface area contributed by atoms with Crippen molar-refractivity contribution in [2.24, 2.45) is 11.8 Å². The molecule has 1 fully saturated rings. The molecule has 144 valence electrons. The van der Waals surface area contributed by atoms with Crippen molar-refractivity contribution in [2.75, 3.05) is 0 Å². The summed E-state index contributed by atoms with van der Waals surface area (Å²) in [4.78, 5) is 13.1.